The van der Waals surface area contributed by atoms with E-state index in [1.165, 1.54) is 70.6 Å². The van der Waals surface area contributed by atoms with Gasteiger partial charge in [-0.15, -0.1) is 0 Å². The molecule has 21 heavy (non-hydrogen) atoms. The molecule has 0 aromatic rings. The highest BCUT2D eigenvalue weighted by molar-refractivity contribution is 8.35. The van der Waals surface area contributed by atoms with E-state index in [4.69, 9.17) is 0 Å². The van der Waals surface area contributed by atoms with Crippen LogP contribution in [0.25, 0.3) is 0 Å². The van der Waals surface area contributed by atoms with Gasteiger partial charge in [0.25, 0.3) is 0 Å². The maximum Gasteiger partial charge on any atom is 0.0125 e. The Bertz CT molecular complexity index is 276. The molecular weight excluding hydrogens is 272 g/mol. The Morgan fingerprint density at radius 1 is 0.714 bits per heavy atom. The van der Waals surface area contributed by atoms with E-state index >= 15 is 0 Å². The standard InChI is InChI=1S/C20H40S/c1-6-8-10-12-14-17-20(16-13-11-9-7-2)18-15-19-21(3,4)5/h20H,6-14,16-18H2,1-5H3. The van der Waals surface area contributed by atoms with Crippen molar-refractivity contribution >= 4 is 10.0 Å². The lowest BCUT2D eigenvalue weighted by Gasteiger charge is -2.17. The average molecular weight is 313 g/mol. The first-order valence-electron chi connectivity index (χ1n) is 9.17. The van der Waals surface area contributed by atoms with E-state index in [0.717, 1.165) is 12.3 Å². The molecule has 0 rings (SSSR count). The maximum absolute atomic E-state index is 3.51. The van der Waals surface area contributed by atoms with Gasteiger partial charge in [0.05, 0.1) is 0 Å². The van der Waals surface area contributed by atoms with Crippen LogP contribution in [0.4, 0.5) is 0 Å². The highest BCUT2D eigenvalue weighted by Gasteiger charge is 2.07. The van der Waals surface area contributed by atoms with Crippen molar-refractivity contribution in [1.82, 2.24) is 0 Å². The SMILES string of the molecule is CCCCCCCC(CC#CS(C)(C)C)CCCCCC. The Balaban J connectivity index is 4.04. The molecule has 0 saturated heterocycles. The molecule has 1 atom stereocenters. The predicted octanol–water partition coefficient (Wildman–Crippen LogP) is 6.98. The van der Waals surface area contributed by atoms with Crippen molar-refractivity contribution in [3.63, 3.8) is 0 Å². The minimum Gasteiger partial charge on any atom is -0.186 e. The Labute approximate surface area is 137 Å². The number of hydrogen-bond acceptors (Lipinski definition) is 0. The molecule has 0 aliphatic rings. The van der Waals surface area contributed by atoms with E-state index in [0.29, 0.717) is 0 Å². The molecule has 126 valence electrons. The second-order valence-corrected chi connectivity index (χ2v) is 11.1. The van der Waals surface area contributed by atoms with E-state index in [-0.39, 0.29) is 0 Å². The van der Waals surface area contributed by atoms with Crippen LogP contribution in [0.5, 0.6) is 0 Å². The molecule has 0 fully saturated rings. The molecule has 0 aliphatic heterocycles. The third-order valence-electron chi connectivity index (χ3n) is 3.95. The van der Waals surface area contributed by atoms with E-state index in [1.807, 2.05) is 0 Å². The van der Waals surface area contributed by atoms with Crippen molar-refractivity contribution in [1.29, 1.82) is 0 Å². The first-order valence-corrected chi connectivity index (χ1v) is 12.0. The Kier molecular flexibility index (Phi) is 13.5. The number of rotatable bonds is 12. The molecule has 0 bridgehead atoms. The summed E-state index contributed by atoms with van der Waals surface area (Å²) in [5.74, 6) is 4.36. The van der Waals surface area contributed by atoms with Gasteiger partial charge in [-0.1, -0.05) is 82.8 Å². The zero-order valence-corrected chi connectivity index (χ0v) is 16.3. The average Bonchev–Trinajstić information content (AvgIpc) is 2.41. The third-order valence-corrected chi connectivity index (χ3v) is 4.71. The molecule has 0 amide bonds. The van der Waals surface area contributed by atoms with Gasteiger partial charge in [-0.25, -0.2) is 0 Å². The van der Waals surface area contributed by atoms with Gasteiger partial charge in [0.1, 0.15) is 0 Å². The molecular formula is C20H40S. The van der Waals surface area contributed by atoms with Crippen molar-refractivity contribution in [2.24, 2.45) is 5.92 Å². The van der Waals surface area contributed by atoms with Crippen LogP contribution in [0, 0.1) is 17.1 Å². The largest absolute Gasteiger partial charge is 0.186 e. The Morgan fingerprint density at radius 3 is 1.67 bits per heavy atom. The molecule has 0 nitrogen and oxygen atoms in total. The van der Waals surface area contributed by atoms with Crippen molar-refractivity contribution in [2.75, 3.05) is 18.8 Å². The first-order chi connectivity index (χ1) is 9.99. The van der Waals surface area contributed by atoms with E-state index in [9.17, 15) is 0 Å². The van der Waals surface area contributed by atoms with Crippen LogP contribution in [-0.4, -0.2) is 18.8 Å². The van der Waals surface area contributed by atoms with Crippen LogP contribution < -0.4 is 0 Å². The summed E-state index contributed by atoms with van der Waals surface area (Å²) in [7, 11) is -0.643. The summed E-state index contributed by atoms with van der Waals surface area (Å²) in [4.78, 5) is 0. The highest BCUT2D eigenvalue weighted by atomic mass is 32.3. The van der Waals surface area contributed by atoms with Crippen LogP contribution in [0.1, 0.15) is 90.9 Å². The van der Waals surface area contributed by atoms with Gasteiger partial charge < -0.3 is 0 Å². The lowest BCUT2D eigenvalue weighted by molar-refractivity contribution is 0.412. The second-order valence-electron chi connectivity index (χ2n) is 7.24. The molecule has 0 radical (unpaired) electrons. The van der Waals surface area contributed by atoms with Gasteiger partial charge in [0, 0.05) is 6.42 Å². The molecule has 0 heterocycles. The third kappa shape index (κ3) is 16.1. The zero-order chi connectivity index (χ0) is 16.0. The fourth-order valence-corrected chi connectivity index (χ4v) is 3.16. The summed E-state index contributed by atoms with van der Waals surface area (Å²) in [6.45, 7) is 4.59. The van der Waals surface area contributed by atoms with Gasteiger partial charge in [0.15, 0.2) is 0 Å². The van der Waals surface area contributed by atoms with Crippen molar-refractivity contribution < 1.29 is 0 Å². The highest BCUT2D eigenvalue weighted by Crippen LogP contribution is 2.32. The van der Waals surface area contributed by atoms with E-state index in [1.54, 1.807) is 0 Å². The lowest BCUT2D eigenvalue weighted by atomic mass is 9.92. The monoisotopic (exact) mass is 312 g/mol. The topological polar surface area (TPSA) is 0 Å². The minimum atomic E-state index is -0.643. The summed E-state index contributed by atoms with van der Waals surface area (Å²) in [5, 5.41) is 3.50. The van der Waals surface area contributed by atoms with Crippen LogP contribution in [-0.2, 0) is 0 Å². The lowest BCUT2D eigenvalue weighted by Crippen LogP contribution is -2.00. The first kappa shape index (κ1) is 20.9. The quantitative estimate of drug-likeness (QED) is 0.269. The number of unbranched alkanes of at least 4 members (excludes halogenated alkanes) is 7. The Hall–Kier alpha value is -0.0900. The molecule has 0 N–H and O–H groups in total. The Morgan fingerprint density at radius 2 is 1.19 bits per heavy atom. The summed E-state index contributed by atoms with van der Waals surface area (Å²) in [6.07, 6.45) is 23.4. The van der Waals surface area contributed by atoms with Gasteiger partial charge in [0.2, 0.25) is 0 Å². The molecule has 0 aromatic heterocycles. The molecule has 0 saturated carbocycles. The van der Waals surface area contributed by atoms with Crippen molar-refractivity contribution in [2.45, 2.75) is 90.9 Å². The van der Waals surface area contributed by atoms with Crippen LogP contribution in [0.2, 0.25) is 0 Å². The number of hydrogen-bond donors (Lipinski definition) is 0. The molecule has 1 heteroatoms. The minimum absolute atomic E-state index is 0.643. The normalized spacial score (nSPS) is 13.6. The molecule has 0 aliphatic carbocycles. The van der Waals surface area contributed by atoms with Gasteiger partial charge >= 0.3 is 0 Å². The smallest absolute Gasteiger partial charge is 0.0125 e. The van der Waals surface area contributed by atoms with E-state index < -0.39 is 10.0 Å². The zero-order valence-electron chi connectivity index (χ0n) is 15.5. The molecule has 0 aromatic carbocycles. The summed E-state index contributed by atoms with van der Waals surface area (Å²) in [6, 6.07) is 0. The summed E-state index contributed by atoms with van der Waals surface area (Å²) >= 11 is 0. The predicted molar refractivity (Wildman–Crippen MR) is 103 cm³/mol. The van der Waals surface area contributed by atoms with Crippen LogP contribution >= 0.6 is 10.0 Å². The van der Waals surface area contributed by atoms with Gasteiger partial charge in [-0.3, -0.25) is 0 Å². The van der Waals surface area contributed by atoms with Crippen LogP contribution in [0.3, 0.4) is 0 Å². The van der Waals surface area contributed by atoms with Crippen LogP contribution in [0.15, 0.2) is 0 Å². The van der Waals surface area contributed by atoms with Crippen molar-refractivity contribution in [3.8, 4) is 11.2 Å². The van der Waals surface area contributed by atoms with Crippen molar-refractivity contribution in [3.05, 3.63) is 0 Å². The molecule has 0 spiro atoms. The van der Waals surface area contributed by atoms with Gasteiger partial charge in [-0.05, 0) is 37.5 Å². The fraction of sp³-hybridized carbons (Fsp3) is 0.900. The second kappa shape index (κ2) is 13.6. The molecule has 1 unspecified atom stereocenters. The van der Waals surface area contributed by atoms with Gasteiger partial charge in [-0.2, -0.15) is 10.0 Å². The maximum atomic E-state index is 3.51. The summed E-state index contributed by atoms with van der Waals surface area (Å²) in [5.41, 5.74) is 0. The fourth-order valence-electron chi connectivity index (χ4n) is 2.65. The van der Waals surface area contributed by atoms with E-state index in [2.05, 4.69) is 43.8 Å². The summed E-state index contributed by atoms with van der Waals surface area (Å²) < 4.78 is 0.